The standard InChI is InChI=1S/C24H20F3N3O4/c25-24(26,27)23(33)19(21(31)17-7-4-12-28-13-17)20(29-22(32)30-23)16-8-10-18(11-9-16)34-14-15-5-2-1-3-6-15/h1-13,19-20,33H,14H2,(H2,29,30,32)/t19-,20-,23-/m1/s1. The lowest BCUT2D eigenvalue weighted by Crippen LogP contribution is -2.72. The van der Waals surface area contributed by atoms with Crippen LogP contribution in [0.5, 0.6) is 5.75 Å². The van der Waals surface area contributed by atoms with Crippen molar-refractivity contribution in [2.75, 3.05) is 0 Å². The fourth-order valence-corrected chi connectivity index (χ4v) is 3.82. The topological polar surface area (TPSA) is 101 Å². The SMILES string of the molecule is O=C1N[C@H](c2ccc(OCc3ccccc3)cc2)[C@H](C(=O)c2cccnc2)[C@@](O)(C(F)(F)F)N1. The van der Waals surface area contributed by atoms with Crippen LogP contribution in [0.15, 0.2) is 79.1 Å². The number of ether oxygens (including phenoxy) is 1. The Morgan fingerprint density at radius 2 is 1.76 bits per heavy atom. The molecular formula is C24H20F3N3O4. The third-order valence-electron chi connectivity index (χ3n) is 5.52. The smallest absolute Gasteiger partial charge is 0.437 e. The molecule has 0 saturated carbocycles. The highest BCUT2D eigenvalue weighted by Crippen LogP contribution is 2.44. The van der Waals surface area contributed by atoms with Gasteiger partial charge in [-0.05, 0) is 35.4 Å². The van der Waals surface area contributed by atoms with Crippen LogP contribution >= 0.6 is 0 Å². The number of nitrogens with one attached hydrogen (secondary N) is 2. The van der Waals surface area contributed by atoms with E-state index in [0.29, 0.717) is 5.75 Å². The van der Waals surface area contributed by atoms with Crippen molar-refractivity contribution in [3.05, 3.63) is 95.8 Å². The Bertz CT molecular complexity index is 1160. The number of ketones is 1. The summed E-state index contributed by atoms with van der Waals surface area (Å²) < 4.78 is 47.6. The number of aromatic nitrogens is 1. The first kappa shape index (κ1) is 23.2. The number of hydrogen-bond acceptors (Lipinski definition) is 5. The molecule has 3 N–H and O–H groups in total. The predicted octanol–water partition coefficient (Wildman–Crippen LogP) is 3.76. The van der Waals surface area contributed by atoms with Crippen LogP contribution in [0.25, 0.3) is 0 Å². The zero-order chi connectivity index (χ0) is 24.3. The molecule has 0 aliphatic carbocycles. The average Bonchev–Trinajstić information content (AvgIpc) is 2.83. The molecule has 3 aromatic rings. The van der Waals surface area contributed by atoms with Gasteiger partial charge in [0.25, 0.3) is 0 Å². The number of aliphatic hydroxyl groups is 1. The van der Waals surface area contributed by atoms with Gasteiger partial charge in [0.15, 0.2) is 5.78 Å². The zero-order valence-corrected chi connectivity index (χ0v) is 17.6. The minimum absolute atomic E-state index is 0.138. The molecule has 1 aliphatic rings. The molecule has 0 radical (unpaired) electrons. The summed E-state index contributed by atoms with van der Waals surface area (Å²) in [4.78, 5) is 29.0. The van der Waals surface area contributed by atoms with E-state index in [0.717, 1.165) is 11.8 Å². The van der Waals surface area contributed by atoms with E-state index in [-0.39, 0.29) is 17.7 Å². The fourth-order valence-electron chi connectivity index (χ4n) is 3.82. The third-order valence-corrected chi connectivity index (χ3v) is 5.52. The molecule has 0 spiro atoms. The van der Waals surface area contributed by atoms with Gasteiger partial charge in [-0.15, -0.1) is 0 Å². The van der Waals surface area contributed by atoms with Gasteiger partial charge < -0.3 is 20.5 Å². The molecule has 1 aliphatic heterocycles. The Kier molecular flexibility index (Phi) is 6.25. The number of amides is 2. The largest absolute Gasteiger partial charge is 0.489 e. The van der Waals surface area contributed by atoms with E-state index in [9.17, 15) is 27.9 Å². The molecule has 3 atom stereocenters. The van der Waals surface area contributed by atoms with Gasteiger partial charge in [0, 0.05) is 18.0 Å². The molecule has 2 aromatic carbocycles. The number of hydrogen-bond donors (Lipinski definition) is 3. The maximum absolute atomic E-state index is 14.0. The summed E-state index contributed by atoms with van der Waals surface area (Å²) in [6, 6.07) is 15.2. The number of nitrogens with zero attached hydrogens (tertiary/aromatic N) is 1. The average molecular weight is 471 g/mol. The molecule has 1 aromatic heterocycles. The van der Waals surface area contributed by atoms with Gasteiger partial charge in [-0.3, -0.25) is 9.78 Å². The van der Waals surface area contributed by atoms with Crippen LogP contribution in [0.2, 0.25) is 0 Å². The molecular weight excluding hydrogens is 451 g/mol. The van der Waals surface area contributed by atoms with Crippen molar-refractivity contribution in [3.63, 3.8) is 0 Å². The van der Waals surface area contributed by atoms with Crippen molar-refractivity contribution >= 4 is 11.8 Å². The van der Waals surface area contributed by atoms with Crippen molar-refractivity contribution in [1.82, 2.24) is 15.6 Å². The van der Waals surface area contributed by atoms with Gasteiger partial charge in [-0.2, -0.15) is 13.2 Å². The highest BCUT2D eigenvalue weighted by Gasteiger charge is 2.66. The summed E-state index contributed by atoms with van der Waals surface area (Å²) in [5, 5.41) is 14.4. The van der Waals surface area contributed by atoms with Gasteiger partial charge in [0.2, 0.25) is 5.72 Å². The molecule has 2 amide bonds. The number of Topliss-reactive ketones (excluding diaryl/α,β-unsaturated/α-hetero) is 1. The van der Waals surface area contributed by atoms with Crippen LogP contribution in [-0.4, -0.2) is 33.8 Å². The van der Waals surface area contributed by atoms with Crippen LogP contribution in [-0.2, 0) is 6.61 Å². The highest BCUT2D eigenvalue weighted by atomic mass is 19.4. The Balaban J connectivity index is 1.66. The van der Waals surface area contributed by atoms with E-state index in [4.69, 9.17) is 4.74 Å². The quantitative estimate of drug-likeness (QED) is 0.476. The van der Waals surface area contributed by atoms with Crippen LogP contribution < -0.4 is 15.4 Å². The summed E-state index contributed by atoms with van der Waals surface area (Å²) >= 11 is 0. The van der Waals surface area contributed by atoms with E-state index in [1.165, 1.54) is 47.9 Å². The summed E-state index contributed by atoms with van der Waals surface area (Å²) in [6.45, 7) is 0.278. The predicted molar refractivity (Wildman–Crippen MR) is 115 cm³/mol. The van der Waals surface area contributed by atoms with Crippen LogP contribution in [0.1, 0.15) is 27.5 Å². The monoisotopic (exact) mass is 471 g/mol. The van der Waals surface area contributed by atoms with E-state index in [1.54, 1.807) is 0 Å². The van der Waals surface area contributed by atoms with Gasteiger partial charge >= 0.3 is 12.2 Å². The molecule has 0 bridgehead atoms. The summed E-state index contributed by atoms with van der Waals surface area (Å²) in [7, 11) is 0. The fraction of sp³-hybridized carbons (Fsp3) is 0.208. The second-order valence-corrected chi connectivity index (χ2v) is 7.77. The Morgan fingerprint density at radius 1 is 1.06 bits per heavy atom. The number of alkyl halides is 3. The molecule has 4 rings (SSSR count). The summed E-state index contributed by atoms with van der Waals surface area (Å²) in [5.41, 5.74) is -2.82. The van der Waals surface area contributed by atoms with Crippen molar-refractivity contribution in [3.8, 4) is 5.75 Å². The summed E-state index contributed by atoms with van der Waals surface area (Å²) in [6.07, 6.45) is -2.86. The molecule has 1 saturated heterocycles. The maximum atomic E-state index is 14.0. The minimum atomic E-state index is -5.33. The van der Waals surface area contributed by atoms with Crippen LogP contribution in [0.4, 0.5) is 18.0 Å². The van der Waals surface area contributed by atoms with Crippen molar-refractivity contribution in [1.29, 1.82) is 0 Å². The second kappa shape index (κ2) is 9.14. The number of rotatable bonds is 6. The van der Waals surface area contributed by atoms with Crippen molar-refractivity contribution in [2.45, 2.75) is 24.6 Å². The summed E-state index contributed by atoms with van der Waals surface area (Å²) in [5.74, 6) is -2.71. The Morgan fingerprint density at radius 3 is 2.38 bits per heavy atom. The lowest BCUT2D eigenvalue weighted by molar-refractivity contribution is -0.287. The maximum Gasteiger partial charge on any atom is 0.437 e. The van der Waals surface area contributed by atoms with Crippen molar-refractivity contribution in [2.24, 2.45) is 5.92 Å². The van der Waals surface area contributed by atoms with Crippen LogP contribution in [0.3, 0.4) is 0 Å². The number of carbonyl (C=O) groups is 2. The molecule has 7 nitrogen and oxygen atoms in total. The van der Waals surface area contributed by atoms with E-state index in [2.05, 4.69) is 10.3 Å². The normalized spacial score (nSPS) is 22.4. The first-order valence-corrected chi connectivity index (χ1v) is 10.3. The van der Waals surface area contributed by atoms with E-state index >= 15 is 0 Å². The lowest BCUT2D eigenvalue weighted by Gasteiger charge is -2.45. The third kappa shape index (κ3) is 4.58. The lowest BCUT2D eigenvalue weighted by atomic mass is 9.77. The first-order chi connectivity index (χ1) is 16.2. The Hall–Kier alpha value is -3.92. The molecule has 176 valence electrons. The van der Waals surface area contributed by atoms with Gasteiger partial charge in [0.1, 0.15) is 18.3 Å². The minimum Gasteiger partial charge on any atom is -0.489 e. The highest BCUT2D eigenvalue weighted by molar-refractivity contribution is 6.00. The Labute approximate surface area is 192 Å². The molecule has 2 heterocycles. The molecule has 1 fully saturated rings. The number of benzene rings is 2. The number of urea groups is 1. The van der Waals surface area contributed by atoms with Gasteiger partial charge in [-0.25, -0.2) is 4.79 Å². The van der Waals surface area contributed by atoms with Gasteiger partial charge in [-0.1, -0.05) is 42.5 Å². The van der Waals surface area contributed by atoms with Crippen molar-refractivity contribution < 1.29 is 32.6 Å². The van der Waals surface area contributed by atoms with E-state index < -0.39 is 35.7 Å². The van der Waals surface area contributed by atoms with Crippen LogP contribution in [0, 0.1) is 5.92 Å². The number of pyridine rings is 1. The molecule has 34 heavy (non-hydrogen) atoms. The number of carbonyl (C=O) groups excluding carboxylic acids is 2. The molecule has 0 unspecified atom stereocenters. The second-order valence-electron chi connectivity index (χ2n) is 7.77. The van der Waals surface area contributed by atoms with E-state index in [1.807, 2.05) is 30.3 Å². The zero-order valence-electron chi connectivity index (χ0n) is 17.6. The number of halogens is 3. The molecule has 10 heteroatoms. The first-order valence-electron chi connectivity index (χ1n) is 10.3. The van der Waals surface area contributed by atoms with Gasteiger partial charge in [0.05, 0.1) is 6.04 Å².